The molecule has 1 amide bonds. The minimum atomic E-state index is -0.153. The summed E-state index contributed by atoms with van der Waals surface area (Å²) >= 11 is 18.6. The van der Waals surface area contributed by atoms with Crippen molar-refractivity contribution in [3.8, 4) is 0 Å². The molecule has 124 valence electrons. The first-order valence-corrected chi connectivity index (χ1v) is 9.26. The topological polar surface area (TPSA) is 44.4 Å². The minimum absolute atomic E-state index is 0.0276. The van der Waals surface area contributed by atoms with Crippen molar-refractivity contribution in [1.82, 2.24) is 10.4 Å². The summed E-state index contributed by atoms with van der Waals surface area (Å²) in [5, 5.41) is 6.07. The van der Waals surface area contributed by atoms with Gasteiger partial charge in [0.15, 0.2) is 5.11 Å². The molecular formula is C16H13Cl2N3OS2. The Morgan fingerprint density at radius 3 is 2.29 bits per heavy atom. The molecule has 0 bridgehead atoms. The lowest BCUT2D eigenvalue weighted by Gasteiger charge is -2.26. The van der Waals surface area contributed by atoms with Crippen LogP contribution < -0.4 is 10.7 Å². The maximum Gasteiger partial charge on any atom is 0.252 e. The van der Waals surface area contributed by atoms with Gasteiger partial charge in [-0.15, -0.1) is 11.8 Å². The molecule has 0 spiro atoms. The van der Waals surface area contributed by atoms with Crippen LogP contribution in [0.2, 0.25) is 10.0 Å². The fourth-order valence-electron chi connectivity index (χ4n) is 2.22. The number of thioether (sulfide) groups is 1. The Morgan fingerprint density at radius 1 is 1.08 bits per heavy atom. The lowest BCUT2D eigenvalue weighted by molar-refractivity contribution is -0.129. The van der Waals surface area contributed by atoms with Gasteiger partial charge in [-0.2, -0.15) is 0 Å². The van der Waals surface area contributed by atoms with E-state index in [9.17, 15) is 4.79 Å². The smallest absolute Gasteiger partial charge is 0.252 e. The zero-order chi connectivity index (χ0) is 17.1. The van der Waals surface area contributed by atoms with Crippen molar-refractivity contribution >= 4 is 63.9 Å². The number of halogens is 2. The van der Waals surface area contributed by atoms with Crippen molar-refractivity contribution in [2.24, 2.45) is 0 Å². The number of carbonyl (C=O) groups is 1. The molecular weight excluding hydrogens is 385 g/mol. The highest BCUT2D eigenvalue weighted by atomic mass is 35.5. The Hall–Kier alpha value is -1.47. The molecule has 2 N–H and O–H groups in total. The molecule has 0 aromatic heterocycles. The van der Waals surface area contributed by atoms with Crippen molar-refractivity contribution in [2.45, 2.75) is 5.37 Å². The van der Waals surface area contributed by atoms with Crippen LogP contribution in [0.4, 0.5) is 5.69 Å². The molecule has 1 aliphatic heterocycles. The molecule has 24 heavy (non-hydrogen) atoms. The summed E-state index contributed by atoms with van der Waals surface area (Å²) in [5.74, 6) is 0.365. The van der Waals surface area contributed by atoms with Crippen molar-refractivity contribution in [3.05, 3.63) is 64.1 Å². The van der Waals surface area contributed by atoms with E-state index in [4.69, 9.17) is 35.4 Å². The van der Waals surface area contributed by atoms with Crippen molar-refractivity contribution in [3.63, 3.8) is 0 Å². The molecule has 1 atom stereocenters. The summed E-state index contributed by atoms with van der Waals surface area (Å²) in [6.45, 7) is 0. The Morgan fingerprint density at radius 2 is 1.67 bits per heavy atom. The SMILES string of the molecule is O=C1CSC(c2ccc(Cl)cc2)N1NC(=S)Nc1ccc(Cl)cc1. The van der Waals surface area contributed by atoms with Gasteiger partial charge in [0.25, 0.3) is 5.91 Å². The fourth-order valence-corrected chi connectivity index (χ4v) is 3.80. The van der Waals surface area contributed by atoms with Crippen LogP contribution in [0.5, 0.6) is 0 Å². The number of anilines is 1. The summed E-state index contributed by atoms with van der Waals surface area (Å²) in [5.41, 5.74) is 4.75. The van der Waals surface area contributed by atoms with Gasteiger partial charge in [-0.25, -0.2) is 5.01 Å². The van der Waals surface area contributed by atoms with Gasteiger partial charge >= 0.3 is 0 Å². The zero-order valence-electron chi connectivity index (χ0n) is 12.3. The first kappa shape index (κ1) is 17.4. The van der Waals surface area contributed by atoms with Crippen LogP contribution in [0, 0.1) is 0 Å². The van der Waals surface area contributed by atoms with E-state index < -0.39 is 0 Å². The Balaban J connectivity index is 1.69. The van der Waals surface area contributed by atoms with Gasteiger partial charge in [-0.3, -0.25) is 10.2 Å². The molecule has 2 aromatic rings. The Bertz CT molecular complexity index is 753. The van der Waals surface area contributed by atoms with E-state index >= 15 is 0 Å². The van der Waals surface area contributed by atoms with Crippen LogP contribution in [-0.4, -0.2) is 21.8 Å². The lowest BCUT2D eigenvalue weighted by atomic mass is 10.2. The highest BCUT2D eigenvalue weighted by Gasteiger charge is 2.33. The van der Waals surface area contributed by atoms with Gasteiger partial charge in [0.2, 0.25) is 0 Å². The quantitative estimate of drug-likeness (QED) is 0.747. The predicted molar refractivity (Wildman–Crippen MR) is 104 cm³/mol. The number of nitrogens with one attached hydrogen (secondary N) is 2. The van der Waals surface area contributed by atoms with E-state index in [1.54, 1.807) is 17.1 Å². The average molecular weight is 398 g/mol. The third kappa shape index (κ3) is 4.13. The average Bonchev–Trinajstić information content (AvgIpc) is 2.91. The van der Waals surface area contributed by atoms with Crippen molar-refractivity contribution < 1.29 is 4.79 Å². The normalized spacial score (nSPS) is 17.0. The van der Waals surface area contributed by atoms with E-state index in [0.29, 0.717) is 20.9 Å². The summed E-state index contributed by atoms with van der Waals surface area (Å²) in [4.78, 5) is 12.2. The highest BCUT2D eigenvalue weighted by molar-refractivity contribution is 8.00. The van der Waals surface area contributed by atoms with E-state index in [1.165, 1.54) is 11.8 Å². The lowest BCUT2D eigenvalue weighted by Crippen LogP contribution is -2.46. The third-order valence-corrected chi connectivity index (χ3v) is 5.26. The minimum Gasteiger partial charge on any atom is -0.331 e. The van der Waals surface area contributed by atoms with E-state index in [0.717, 1.165) is 11.3 Å². The molecule has 0 radical (unpaired) electrons. The van der Waals surface area contributed by atoms with Crippen LogP contribution in [0.25, 0.3) is 0 Å². The second-order valence-electron chi connectivity index (χ2n) is 5.05. The number of benzene rings is 2. The highest BCUT2D eigenvalue weighted by Crippen LogP contribution is 2.37. The van der Waals surface area contributed by atoms with E-state index in [2.05, 4.69) is 10.7 Å². The number of thiocarbonyl (C=S) groups is 1. The van der Waals surface area contributed by atoms with E-state index in [1.807, 2.05) is 36.4 Å². The molecule has 0 saturated carbocycles. The summed E-state index contributed by atoms with van der Waals surface area (Å²) in [6, 6.07) is 14.6. The third-order valence-electron chi connectivity index (χ3n) is 3.35. The number of amides is 1. The number of hydrogen-bond donors (Lipinski definition) is 2. The van der Waals surface area contributed by atoms with Crippen LogP contribution >= 0.6 is 47.2 Å². The zero-order valence-corrected chi connectivity index (χ0v) is 15.5. The molecule has 1 aliphatic rings. The molecule has 2 aromatic carbocycles. The first-order valence-electron chi connectivity index (χ1n) is 7.05. The standard InChI is InChI=1S/C16H13Cl2N3OS2/c17-11-3-1-10(2-4-11)15-21(14(22)9-24-15)20-16(23)19-13-7-5-12(18)6-8-13/h1-8,15H,9H2,(H2,19,20,23). The second-order valence-corrected chi connectivity index (χ2v) is 7.40. The summed E-state index contributed by atoms with van der Waals surface area (Å²) < 4.78 is 0. The van der Waals surface area contributed by atoms with Gasteiger partial charge < -0.3 is 5.32 Å². The van der Waals surface area contributed by atoms with Crippen LogP contribution in [0.1, 0.15) is 10.9 Å². The second kappa shape index (κ2) is 7.61. The van der Waals surface area contributed by atoms with Crippen molar-refractivity contribution in [1.29, 1.82) is 0 Å². The largest absolute Gasteiger partial charge is 0.331 e. The van der Waals surface area contributed by atoms with Gasteiger partial charge in [0.05, 0.1) is 5.75 Å². The van der Waals surface area contributed by atoms with Gasteiger partial charge in [-0.05, 0) is 54.2 Å². The monoisotopic (exact) mass is 397 g/mol. The van der Waals surface area contributed by atoms with Crippen LogP contribution in [0.15, 0.2) is 48.5 Å². The molecule has 1 fully saturated rings. The number of hydrazine groups is 1. The molecule has 1 unspecified atom stereocenters. The molecule has 3 rings (SSSR count). The maximum atomic E-state index is 12.2. The van der Waals surface area contributed by atoms with Gasteiger partial charge in [0, 0.05) is 15.7 Å². The number of rotatable bonds is 3. The predicted octanol–water partition coefficient (Wildman–Crippen LogP) is 4.47. The molecule has 1 heterocycles. The first-order chi connectivity index (χ1) is 11.5. The number of nitrogens with zero attached hydrogens (tertiary/aromatic N) is 1. The maximum absolute atomic E-state index is 12.2. The molecule has 4 nitrogen and oxygen atoms in total. The molecule has 8 heteroatoms. The summed E-state index contributed by atoms with van der Waals surface area (Å²) in [6.07, 6.45) is 0. The van der Waals surface area contributed by atoms with Crippen molar-refractivity contribution in [2.75, 3.05) is 11.1 Å². The van der Waals surface area contributed by atoms with Crippen LogP contribution in [-0.2, 0) is 4.79 Å². The number of carbonyl (C=O) groups excluding carboxylic acids is 1. The van der Waals surface area contributed by atoms with Gasteiger partial charge in [0.1, 0.15) is 5.37 Å². The Kier molecular flexibility index (Phi) is 5.50. The fraction of sp³-hybridized carbons (Fsp3) is 0.125. The molecule has 0 aliphatic carbocycles. The molecule has 1 saturated heterocycles. The van der Waals surface area contributed by atoms with Gasteiger partial charge in [-0.1, -0.05) is 35.3 Å². The Labute approximate surface area is 159 Å². The number of hydrogen-bond acceptors (Lipinski definition) is 3. The summed E-state index contributed by atoms with van der Waals surface area (Å²) in [7, 11) is 0. The van der Waals surface area contributed by atoms with Crippen LogP contribution in [0.3, 0.4) is 0 Å². The van der Waals surface area contributed by atoms with E-state index in [-0.39, 0.29) is 11.3 Å².